The van der Waals surface area contributed by atoms with Crippen LogP contribution in [0.25, 0.3) is 4.91 Å². The van der Waals surface area contributed by atoms with E-state index < -0.39 is 11.7 Å². The third kappa shape index (κ3) is 8.30. The molecule has 0 unspecified atom stereocenters. The van der Waals surface area contributed by atoms with Crippen molar-refractivity contribution >= 4 is 17.5 Å². The second kappa shape index (κ2) is 12.5. The zero-order valence-electron chi connectivity index (χ0n) is 16.5. The molecule has 4 nitrogen and oxygen atoms in total. The number of nitrogens with one attached hydrogen (secondary N) is 1. The van der Waals surface area contributed by atoms with Gasteiger partial charge in [0.2, 0.25) is 0 Å². The smallest absolute Gasteiger partial charge is 0.419 e. The van der Waals surface area contributed by atoms with Crippen LogP contribution in [0, 0.1) is 0 Å². The summed E-state index contributed by atoms with van der Waals surface area (Å²) in [5, 5.41) is 11.6. The van der Waals surface area contributed by atoms with E-state index in [9.17, 15) is 13.2 Å². The maximum absolute atomic E-state index is 13.5. The van der Waals surface area contributed by atoms with Gasteiger partial charge in [0.25, 0.3) is 0 Å². The van der Waals surface area contributed by atoms with Crippen LogP contribution in [0.2, 0.25) is 0 Å². The highest BCUT2D eigenvalue weighted by Crippen LogP contribution is 2.38. The SMILES string of the molecule is OCCCN/C=C(\S)c1ccc(OCCOCCc2ccccc2)c(C(F)(F)F)c1. The molecule has 0 heterocycles. The van der Waals surface area contributed by atoms with Gasteiger partial charge in [0.15, 0.2) is 0 Å². The topological polar surface area (TPSA) is 50.7 Å². The van der Waals surface area contributed by atoms with Gasteiger partial charge in [0.1, 0.15) is 12.4 Å². The Balaban J connectivity index is 1.90. The number of alkyl halides is 3. The number of aliphatic hydroxyl groups excluding tert-OH is 1. The highest BCUT2D eigenvalue weighted by molar-refractivity contribution is 7.90. The molecule has 2 aromatic rings. The van der Waals surface area contributed by atoms with E-state index in [0.29, 0.717) is 30.0 Å². The summed E-state index contributed by atoms with van der Waals surface area (Å²) in [7, 11) is 0. The Labute approximate surface area is 180 Å². The van der Waals surface area contributed by atoms with E-state index in [-0.39, 0.29) is 25.6 Å². The number of benzene rings is 2. The maximum atomic E-state index is 13.5. The molecule has 0 bridgehead atoms. The molecule has 0 fully saturated rings. The molecule has 0 aromatic heterocycles. The summed E-state index contributed by atoms with van der Waals surface area (Å²) in [6.45, 7) is 1.21. The van der Waals surface area contributed by atoms with Crippen molar-refractivity contribution in [3.8, 4) is 5.75 Å². The van der Waals surface area contributed by atoms with Crippen molar-refractivity contribution in [1.29, 1.82) is 0 Å². The van der Waals surface area contributed by atoms with Gasteiger partial charge in [0.05, 0.1) is 18.8 Å². The van der Waals surface area contributed by atoms with E-state index in [4.69, 9.17) is 14.6 Å². The van der Waals surface area contributed by atoms with Gasteiger partial charge in [-0.2, -0.15) is 13.2 Å². The van der Waals surface area contributed by atoms with E-state index in [1.807, 2.05) is 30.3 Å². The van der Waals surface area contributed by atoms with Crippen LogP contribution in [0.15, 0.2) is 54.7 Å². The van der Waals surface area contributed by atoms with Gasteiger partial charge in [-0.3, -0.25) is 0 Å². The van der Waals surface area contributed by atoms with E-state index >= 15 is 0 Å². The molecule has 30 heavy (non-hydrogen) atoms. The number of hydrogen-bond acceptors (Lipinski definition) is 5. The van der Waals surface area contributed by atoms with E-state index in [2.05, 4.69) is 17.9 Å². The van der Waals surface area contributed by atoms with Crippen LogP contribution in [0.3, 0.4) is 0 Å². The number of halogens is 3. The Hall–Kier alpha value is -2.16. The predicted molar refractivity (Wildman–Crippen MR) is 115 cm³/mol. The van der Waals surface area contributed by atoms with Crippen LogP contribution < -0.4 is 10.1 Å². The van der Waals surface area contributed by atoms with Gasteiger partial charge in [-0.15, -0.1) is 12.6 Å². The molecule has 0 saturated carbocycles. The fourth-order valence-corrected chi connectivity index (χ4v) is 2.85. The molecule has 0 aliphatic carbocycles. The second-order valence-corrected chi connectivity index (χ2v) is 6.95. The first-order valence-electron chi connectivity index (χ1n) is 9.61. The van der Waals surface area contributed by atoms with Crippen molar-refractivity contribution in [3.63, 3.8) is 0 Å². The van der Waals surface area contributed by atoms with Crippen molar-refractivity contribution < 1.29 is 27.8 Å². The first-order valence-corrected chi connectivity index (χ1v) is 10.1. The Morgan fingerprint density at radius 2 is 1.83 bits per heavy atom. The van der Waals surface area contributed by atoms with Gasteiger partial charge in [-0.1, -0.05) is 36.4 Å². The zero-order valence-corrected chi connectivity index (χ0v) is 17.4. The van der Waals surface area contributed by atoms with Crippen molar-refractivity contribution in [2.75, 3.05) is 33.0 Å². The molecule has 0 aliphatic rings. The minimum atomic E-state index is -4.56. The first-order chi connectivity index (χ1) is 14.4. The number of thiol groups is 1. The molecule has 164 valence electrons. The molecule has 0 saturated heterocycles. The average Bonchev–Trinajstić information content (AvgIpc) is 2.73. The lowest BCUT2D eigenvalue weighted by Crippen LogP contribution is -2.13. The maximum Gasteiger partial charge on any atom is 0.419 e. The molecular weight excluding hydrogens is 415 g/mol. The Bertz CT molecular complexity index is 798. The molecule has 0 amide bonds. The highest BCUT2D eigenvalue weighted by atomic mass is 32.1. The van der Waals surface area contributed by atoms with Crippen LogP contribution in [0.4, 0.5) is 13.2 Å². The summed E-state index contributed by atoms with van der Waals surface area (Å²) in [4.78, 5) is 0.356. The lowest BCUT2D eigenvalue weighted by atomic mass is 10.1. The molecule has 2 aromatic carbocycles. The monoisotopic (exact) mass is 441 g/mol. The Morgan fingerprint density at radius 1 is 1.07 bits per heavy atom. The zero-order chi connectivity index (χ0) is 21.8. The molecular formula is C22H26F3NO3S. The van der Waals surface area contributed by atoms with E-state index in [1.54, 1.807) is 0 Å². The Kier molecular flexibility index (Phi) is 10.1. The molecule has 2 rings (SSSR count). The molecule has 2 N–H and O–H groups in total. The van der Waals surface area contributed by atoms with Crippen molar-refractivity contribution in [2.45, 2.75) is 19.0 Å². The van der Waals surface area contributed by atoms with Gasteiger partial charge in [-0.05, 0) is 36.1 Å². The van der Waals surface area contributed by atoms with Gasteiger partial charge in [-0.25, -0.2) is 0 Å². The minimum absolute atomic E-state index is 0.0174. The summed E-state index contributed by atoms with van der Waals surface area (Å²) < 4.78 is 51.2. The molecule has 0 spiro atoms. The van der Waals surface area contributed by atoms with Crippen molar-refractivity contribution in [1.82, 2.24) is 5.32 Å². The third-order valence-electron chi connectivity index (χ3n) is 4.16. The lowest BCUT2D eigenvalue weighted by Gasteiger charge is -2.16. The third-order valence-corrected chi connectivity index (χ3v) is 4.55. The van der Waals surface area contributed by atoms with Gasteiger partial charge < -0.3 is 19.9 Å². The molecule has 8 heteroatoms. The summed E-state index contributed by atoms with van der Waals surface area (Å²) in [5.74, 6) is -0.243. The molecule has 0 aliphatic heterocycles. The number of hydrogen-bond donors (Lipinski definition) is 3. The van der Waals surface area contributed by atoms with Gasteiger partial charge >= 0.3 is 6.18 Å². The van der Waals surface area contributed by atoms with Crippen LogP contribution in [-0.4, -0.2) is 38.1 Å². The summed E-state index contributed by atoms with van der Waals surface area (Å²) in [6, 6.07) is 13.6. The number of ether oxygens (including phenoxy) is 2. The summed E-state index contributed by atoms with van der Waals surface area (Å²) in [5.41, 5.74) is 0.586. The van der Waals surface area contributed by atoms with Gasteiger partial charge in [0, 0.05) is 24.3 Å². The van der Waals surface area contributed by atoms with Crippen molar-refractivity contribution in [3.05, 3.63) is 71.4 Å². The normalized spacial score (nSPS) is 12.1. The quantitative estimate of drug-likeness (QED) is 0.334. The fraction of sp³-hybridized carbons (Fsp3) is 0.364. The lowest BCUT2D eigenvalue weighted by molar-refractivity contribution is -0.139. The van der Waals surface area contributed by atoms with Crippen molar-refractivity contribution in [2.24, 2.45) is 0 Å². The first kappa shape index (κ1) is 24.1. The summed E-state index contributed by atoms with van der Waals surface area (Å²) >= 11 is 4.25. The van der Waals surface area contributed by atoms with E-state index in [0.717, 1.165) is 18.1 Å². The minimum Gasteiger partial charge on any atom is -0.491 e. The largest absolute Gasteiger partial charge is 0.491 e. The Morgan fingerprint density at radius 3 is 2.53 bits per heavy atom. The fourth-order valence-electron chi connectivity index (χ4n) is 2.62. The van der Waals surface area contributed by atoms with E-state index in [1.165, 1.54) is 18.3 Å². The van der Waals surface area contributed by atoms with Crippen LogP contribution >= 0.6 is 12.6 Å². The second-order valence-electron chi connectivity index (χ2n) is 6.47. The standard InChI is InChI=1S/C22H26F3NO3S/c23-22(24,25)19-15-18(21(30)16-26-10-4-11-27)7-8-20(19)29-14-13-28-12-9-17-5-2-1-3-6-17/h1-3,5-8,15-16,26-27,30H,4,9-14H2/b21-16-. The summed E-state index contributed by atoms with van der Waals surface area (Å²) in [6.07, 6.45) is -1.79. The number of aliphatic hydroxyl groups is 1. The van der Waals surface area contributed by atoms with Crippen LogP contribution in [0.5, 0.6) is 5.75 Å². The molecule has 0 radical (unpaired) electrons. The average molecular weight is 442 g/mol. The predicted octanol–water partition coefficient (Wildman–Crippen LogP) is 4.54. The molecule has 0 atom stereocenters. The van der Waals surface area contributed by atoms with Crippen LogP contribution in [-0.2, 0) is 17.3 Å². The highest BCUT2D eigenvalue weighted by Gasteiger charge is 2.34. The number of rotatable bonds is 12. The van der Waals surface area contributed by atoms with Crippen LogP contribution in [0.1, 0.15) is 23.1 Å².